The van der Waals surface area contributed by atoms with Gasteiger partial charge in [-0.25, -0.2) is 0 Å². The zero-order chi connectivity index (χ0) is 16.2. The molecule has 4 heteroatoms. The van der Waals surface area contributed by atoms with Gasteiger partial charge in [0.1, 0.15) is 0 Å². The summed E-state index contributed by atoms with van der Waals surface area (Å²) < 4.78 is 12.4. The summed E-state index contributed by atoms with van der Waals surface area (Å²) in [7, 11) is -0.0893. The van der Waals surface area contributed by atoms with Gasteiger partial charge >= 0.3 is 7.12 Å². The third-order valence-corrected chi connectivity index (χ3v) is 5.04. The highest BCUT2D eigenvalue weighted by atomic mass is 16.7. The van der Waals surface area contributed by atoms with Crippen molar-refractivity contribution in [3.05, 3.63) is 35.9 Å². The molecule has 1 aliphatic heterocycles. The molecule has 0 aromatic heterocycles. The van der Waals surface area contributed by atoms with Gasteiger partial charge in [-0.1, -0.05) is 43.7 Å². The van der Waals surface area contributed by atoms with Gasteiger partial charge in [0.05, 0.1) is 11.2 Å². The molecule has 1 atom stereocenters. The van der Waals surface area contributed by atoms with Crippen molar-refractivity contribution >= 4 is 7.12 Å². The minimum absolute atomic E-state index is 0.0893. The highest BCUT2D eigenvalue weighted by molar-refractivity contribution is 6.47. The second-order valence-electron chi connectivity index (χ2n) is 7.24. The molecule has 0 amide bonds. The van der Waals surface area contributed by atoms with E-state index in [1.807, 2.05) is 0 Å². The van der Waals surface area contributed by atoms with Crippen LogP contribution in [0.25, 0.3) is 0 Å². The predicted octanol–water partition coefficient (Wildman–Crippen LogP) is 4.04. The van der Waals surface area contributed by atoms with Crippen molar-refractivity contribution in [1.29, 1.82) is 0 Å². The van der Waals surface area contributed by atoms with Crippen LogP contribution < -0.4 is 5.32 Å². The van der Waals surface area contributed by atoms with E-state index in [1.54, 1.807) is 0 Å². The Hall–Kier alpha value is -0.835. The molecule has 122 valence electrons. The highest BCUT2D eigenvalue weighted by Gasteiger charge is 2.53. The van der Waals surface area contributed by atoms with Gasteiger partial charge in [-0.3, -0.25) is 0 Å². The molecule has 0 spiro atoms. The molecular formula is C18H30BNO2. The van der Waals surface area contributed by atoms with E-state index in [-0.39, 0.29) is 18.3 Å². The van der Waals surface area contributed by atoms with Gasteiger partial charge in [0.25, 0.3) is 0 Å². The molecule has 1 aliphatic rings. The van der Waals surface area contributed by atoms with Crippen molar-refractivity contribution < 1.29 is 9.31 Å². The SMILES string of the molecule is CCC(CCNCc1ccccc1)B1OC(C)(C)C(C)(C)O1. The lowest BCUT2D eigenvalue weighted by Gasteiger charge is -2.32. The zero-order valence-electron chi connectivity index (χ0n) is 14.7. The average molecular weight is 303 g/mol. The van der Waals surface area contributed by atoms with Crippen molar-refractivity contribution in [2.45, 2.75) is 71.0 Å². The summed E-state index contributed by atoms with van der Waals surface area (Å²) in [4.78, 5) is 0. The summed E-state index contributed by atoms with van der Waals surface area (Å²) >= 11 is 0. The third-order valence-electron chi connectivity index (χ3n) is 5.04. The van der Waals surface area contributed by atoms with Crippen LogP contribution in [-0.2, 0) is 15.9 Å². The summed E-state index contributed by atoms with van der Waals surface area (Å²) in [5.74, 6) is 0.435. The van der Waals surface area contributed by atoms with E-state index in [2.05, 4.69) is 70.3 Å². The molecular weight excluding hydrogens is 273 g/mol. The second kappa shape index (κ2) is 7.16. The molecule has 1 fully saturated rings. The summed E-state index contributed by atoms with van der Waals surface area (Å²) in [6.45, 7) is 12.6. The smallest absolute Gasteiger partial charge is 0.403 e. The second-order valence-corrected chi connectivity index (χ2v) is 7.24. The number of hydrogen-bond donors (Lipinski definition) is 1. The van der Waals surface area contributed by atoms with E-state index in [1.165, 1.54) is 5.56 Å². The van der Waals surface area contributed by atoms with Gasteiger partial charge in [-0.15, -0.1) is 0 Å². The fourth-order valence-corrected chi connectivity index (χ4v) is 2.73. The molecule has 1 aromatic carbocycles. The Kier molecular flexibility index (Phi) is 5.70. The summed E-state index contributed by atoms with van der Waals surface area (Å²) in [5, 5.41) is 3.52. The van der Waals surface area contributed by atoms with Gasteiger partial charge in [0, 0.05) is 6.54 Å². The first-order valence-electron chi connectivity index (χ1n) is 8.46. The lowest BCUT2D eigenvalue weighted by Crippen LogP contribution is -2.41. The monoisotopic (exact) mass is 303 g/mol. The first-order valence-corrected chi connectivity index (χ1v) is 8.46. The molecule has 0 bridgehead atoms. The Balaban J connectivity index is 1.78. The number of hydrogen-bond acceptors (Lipinski definition) is 3. The quantitative estimate of drug-likeness (QED) is 0.609. The Morgan fingerprint density at radius 1 is 1.05 bits per heavy atom. The summed E-state index contributed by atoms with van der Waals surface area (Å²) in [6.07, 6.45) is 2.14. The van der Waals surface area contributed by atoms with E-state index in [4.69, 9.17) is 9.31 Å². The van der Waals surface area contributed by atoms with E-state index >= 15 is 0 Å². The summed E-state index contributed by atoms with van der Waals surface area (Å²) in [5.41, 5.74) is 0.858. The van der Waals surface area contributed by atoms with Gasteiger partial charge in [0.15, 0.2) is 0 Å². The maximum atomic E-state index is 6.18. The van der Waals surface area contributed by atoms with Crippen LogP contribution in [0.5, 0.6) is 0 Å². The molecule has 1 heterocycles. The highest BCUT2D eigenvalue weighted by Crippen LogP contribution is 2.41. The van der Waals surface area contributed by atoms with Crippen molar-refractivity contribution in [3.63, 3.8) is 0 Å². The maximum Gasteiger partial charge on any atom is 0.461 e. The fraction of sp³-hybridized carbons (Fsp3) is 0.667. The normalized spacial score (nSPS) is 21.0. The Morgan fingerprint density at radius 3 is 2.18 bits per heavy atom. The number of benzene rings is 1. The topological polar surface area (TPSA) is 30.5 Å². The minimum atomic E-state index is -0.234. The van der Waals surface area contributed by atoms with Crippen LogP contribution >= 0.6 is 0 Å². The predicted molar refractivity (Wildman–Crippen MR) is 92.9 cm³/mol. The van der Waals surface area contributed by atoms with Gasteiger partial charge in [-0.05, 0) is 52.0 Å². The van der Waals surface area contributed by atoms with Crippen LogP contribution in [0.3, 0.4) is 0 Å². The Morgan fingerprint density at radius 2 is 1.64 bits per heavy atom. The van der Waals surface area contributed by atoms with Crippen molar-refractivity contribution in [3.8, 4) is 0 Å². The maximum absolute atomic E-state index is 6.18. The molecule has 0 aliphatic carbocycles. The van der Waals surface area contributed by atoms with Gasteiger partial charge in [0.2, 0.25) is 0 Å². The largest absolute Gasteiger partial charge is 0.461 e. The fourth-order valence-electron chi connectivity index (χ4n) is 2.73. The van der Waals surface area contributed by atoms with Crippen LogP contribution in [0, 0.1) is 0 Å². The molecule has 2 rings (SSSR count). The van der Waals surface area contributed by atoms with Crippen LogP contribution in [0.4, 0.5) is 0 Å². The first kappa shape index (κ1) is 17.5. The first-order chi connectivity index (χ1) is 10.4. The molecule has 1 saturated heterocycles. The van der Waals surface area contributed by atoms with E-state index in [0.29, 0.717) is 5.82 Å². The van der Waals surface area contributed by atoms with Crippen LogP contribution in [0.2, 0.25) is 5.82 Å². The molecule has 0 radical (unpaired) electrons. The molecule has 22 heavy (non-hydrogen) atoms. The molecule has 1 aromatic rings. The van der Waals surface area contributed by atoms with Crippen LogP contribution in [0.15, 0.2) is 30.3 Å². The molecule has 0 saturated carbocycles. The van der Waals surface area contributed by atoms with Gasteiger partial charge < -0.3 is 14.6 Å². The lowest BCUT2D eigenvalue weighted by atomic mass is 9.68. The minimum Gasteiger partial charge on any atom is -0.403 e. The molecule has 1 N–H and O–H groups in total. The standard InChI is InChI=1S/C18H30BNO2/c1-6-16(19-21-17(2,3)18(4,5)22-19)12-13-20-14-15-10-8-7-9-11-15/h7-11,16,20H,6,12-14H2,1-5H3. The summed E-state index contributed by atoms with van der Waals surface area (Å²) in [6, 6.07) is 10.5. The van der Waals surface area contributed by atoms with Crippen LogP contribution in [0.1, 0.15) is 53.0 Å². The van der Waals surface area contributed by atoms with E-state index in [9.17, 15) is 0 Å². The van der Waals surface area contributed by atoms with Crippen LogP contribution in [-0.4, -0.2) is 24.9 Å². The van der Waals surface area contributed by atoms with Crippen molar-refractivity contribution in [2.75, 3.05) is 6.54 Å². The average Bonchev–Trinajstić information content (AvgIpc) is 2.68. The zero-order valence-corrected chi connectivity index (χ0v) is 14.7. The Bertz CT molecular complexity index is 445. The van der Waals surface area contributed by atoms with E-state index < -0.39 is 0 Å². The lowest BCUT2D eigenvalue weighted by molar-refractivity contribution is 0.00578. The number of rotatable bonds is 7. The third kappa shape index (κ3) is 4.12. The number of nitrogens with one attached hydrogen (secondary N) is 1. The Labute approximate surface area is 135 Å². The van der Waals surface area contributed by atoms with E-state index in [0.717, 1.165) is 25.9 Å². The molecule has 1 unspecified atom stereocenters. The van der Waals surface area contributed by atoms with Crippen molar-refractivity contribution in [2.24, 2.45) is 0 Å². The van der Waals surface area contributed by atoms with Gasteiger partial charge in [-0.2, -0.15) is 0 Å². The van der Waals surface area contributed by atoms with Crippen molar-refractivity contribution in [1.82, 2.24) is 5.32 Å². The molecule has 3 nitrogen and oxygen atoms in total.